The summed E-state index contributed by atoms with van der Waals surface area (Å²) in [7, 11) is 0. The molecule has 0 radical (unpaired) electrons. The minimum absolute atomic E-state index is 0.00888. The van der Waals surface area contributed by atoms with Gasteiger partial charge in [0.2, 0.25) is 0 Å². The number of hydrogen-bond acceptors (Lipinski definition) is 0. The van der Waals surface area contributed by atoms with Gasteiger partial charge < -0.3 is 0 Å². The topological polar surface area (TPSA) is 0 Å². The summed E-state index contributed by atoms with van der Waals surface area (Å²) in [6, 6.07) is 59.1. The molecule has 2 aliphatic carbocycles. The van der Waals surface area contributed by atoms with Crippen molar-refractivity contribution in [2.24, 2.45) is 0 Å². The molecule has 0 fully saturated rings. The molecule has 0 atom stereocenters. The largest absolute Gasteiger partial charge is 0.0622 e. The molecule has 8 aromatic carbocycles. The van der Waals surface area contributed by atoms with Gasteiger partial charge >= 0.3 is 0 Å². The third-order valence-corrected chi connectivity index (χ3v) is 11.9. The van der Waals surface area contributed by atoms with Crippen molar-refractivity contribution in [3.8, 4) is 55.6 Å². The van der Waals surface area contributed by atoms with E-state index in [4.69, 9.17) is 0 Å². The van der Waals surface area contributed by atoms with Gasteiger partial charge in [0.15, 0.2) is 0 Å². The second kappa shape index (κ2) is 10.4. The molecular weight excluding hydrogens is 601 g/mol. The van der Waals surface area contributed by atoms with Crippen LogP contribution in [-0.4, -0.2) is 0 Å². The molecule has 0 aromatic heterocycles. The summed E-state index contributed by atoms with van der Waals surface area (Å²) in [4.78, 5) is 0. The maximum Gasteiger partial charge on any atom is 0.0158 e. The van der Waals surface area contributed by atoms with Gasteiger partial charge in [-0.1, -0.05) is 167 Å². The third-order valence-electron chi connectivity index (χ3n) is 11.9. The second-order valence-corrected chi connectivity index (χ2v) is 15.3. The third kappa shape index (κ3) is 4.00. The van der Waals surface area contributed by atoms with Crippen molar-refractivity contribution in [1.82, 2.24) is 0 Å². The molecular formula is C50H38. The Labute approximate surface area is 294 Å². The molecule has 10 rings (SSSR count). The Kier molecular flexibility index (Phi) is 6.07. The van der Waals surface area contributed by atoms with Crippen LogP contribution in [0.4, 0.5) is 0 Å². The van der Waals surface area contributed by atoms with Crippen molar-refractivity contribution in [2.45, 2.75) is 38.5 Å². The van der Waals surface area contributed by atoms with Gasteiger partial charge in [-0.3, -0.25) is 0 Å². The van der Waals surface area contributed by atoms with Crippen LogP contribution in [0.15, 0.2) is 158 Å². The fourth-order valence-corrected chi connectivity index (χ4v) is 9.33. The normalized spacial score (nSPS) is 14.7. The van der Waals surface area contributed by atoms with Crippen molar-refractivity contribution >= 4 is 21.5 Å². The highest BCUT2D eigenvalue weighted by Crippen LogP contribution is 2.56. The van der Waals surface area contributed by atoms with Crippen molar-refractivity contribution < 1.29 is 0 Å². The average molecular weight is 639 g/mol. The van der Waals surface area contributed by atoms with Gasteiger partial charge in [-0.15, -0.1) is 0 Å². The number of benzene rings is 8. The van der Waals surface area contributed by atoms with E-state index < -0.39 is 0 Å². The molecule has 0 saturated heterocycles. The van der Waals surface area contributed by atoms with Crippen molar-refractivity contribution in [1.29, 1.82) is 0 Å². The quantitative estimate of drug-likeness (QED) is 0.169. The summed E-state index contributed by atoms with van der Waals surface area (Å²) in [5.74, 6) is 0. The number of fused-ring (bicyclic) bond motifs is 8. The first kappa shape index (κ1) is 29.2. The minimum Gasteiger partial charge on any atom is -0.0622 e. The van der Waals surface area contributed by atoms with Gasteiger partial charge in [0.05, 0.1) is 0 Å². The lowest BCUT2D eigenvalue weighted by atomic mass is 9.77. The molecule has 0 bridgehead atoms. The predicted molar refractivity (Wildman–Crippen MR) is 213 cm³/mol. The molecule has 238 valence electrons. The van der Waals surface area contributed by atoms with Crippen LogP contribution < -0.4 is 0 Å². The Bertz CT molecular complexity index is 2630. The van der Waals surface area contributed by atoms with Crippen molar-refractivity contribution in [3.63, 3.8) is 0 Å². The van der Waals surface area contributed by atoms with E-state index in [9.17, 15) is 0 Å². The van der Waals surface area contributed by atoms with E-state index in [1.54, 1.807) is 0 Å². The van der Waals surface area contributed by atoms with Gasteiger partial charge in [0, 0.05) is 10.8 Å². The summed E-state index contributed by atoms with van der Waals surface area (Å²) in [6.07, 6.45) is 0. The summed E-state index contributed by atoms with van der Waals surface area (Å²) < 4.78 is 0. The number of hydrogen-bond donors (Lipinski definition) is 0. The zero-order valence-electron chi connectivity index (χ0n) is 29.0. The van der Waals surface area contributed by atoms with E-state index in [0.29, 0.717) is 0 Å². The fourth-order valence-electron chi connectivity index (χ4n) is 9.33. The highest BCUT2D eigenvalue weighted by Gasteiger charge is 2.41. The molecule has 0 unspecified atom stereocenters. The molecule has 0 saturated carbocycles. The molecule has 8 aromatic rings. The summed E-state index contributed by atoms with van der Waals surface area (Å²) in [6.45, 7) is 9.56. The molecule has 0 heteroatoms. The Morgan fingerprint density at radius 1 is 0.280 bits per heavy atom. The lowest BCUT2D eigenvalue weighted by Gasteiger charge is -2.25. The Morgan fingerprint density at radius 3 is 1.40 bits per heavy atom. The lowest BCUT2D eigenvalue weighted by molar-refractivity contribution is 0.639. The van der Waals surface area contributed by atoms with E-state index in [1.165, 1.54) is 99.4 Å². The van der Waals surface area contributed by atoms with Crippen LogP contribution >= 0.6 is 0 Å². The Hall–Kier alpha value is -5.72. The maximum absolute atomic E-state index is 2.53. The van der Waals surface area contributed by atoms with Crippen LogP contribution in [0.3, 0.4) is 0 Å². The van der Waals surface area contributed by atoms with Crippen molar-refractivity contribution in [3.05, 3.63) is 180 Å². The monoisotopic (exact) mass is 638 g/mol. The molecule has 50 heavy (non-hydrogen) atoms. The molecule has 0 amide bonds. The molecule has 0 aliphatic heterocycles. The molecule has 0 heterocycles. The number of rotatable bonds is 3. The molecule has 0 spiro atoms. The highest BCUT2D eigenvalue weighted by atomic mass is 14.4. The Morgan fingerprint density at radius 2 is 0.740 bits per heavy atom. The molecule has 0 nitrogen and oxygen atoms in total. The zero-order chi connectivity index (χ0) is 33.8. The first-order valence-electron chi connectivity index (χ1n) is 17.9. The van der Waals surface area contributed by atoms with Gasteiger partial charge in [-0.05, 0) is 118 Å². The SMILES string of the molecule is CC1(C)c2ccccc2-c2cc3c(cc21)C(C)(C)c1ccc(-c2cccc(-c4c5ccccc5c(-c5ccccc5)c5ccccc45)c2)cc1-3. The predicted octanol–water partition coefficient (Wildman–Crippen LogP) is 13.6. The van der Waals surface area contributed by atoms with E-state index in [1.807, 2.05) is 0 Å². The van der Waals surface area contributed by atoms with Gasteiger partial charge in [0.25, 0.3) is 0 Å². The van der Waals surface area contributed by atoms with Gasteiger partial charge in [-0.25, -0.2) is 0 Å². The maximum atomic E-state index is 2.53. The van der Waals surface area contributed by atoms with Crippen LogP contribution in [0.25, 0.3) is 77.2 Å². The van der Waals surface area contributed by atoms with Crippen LogP contribution in [0.2, 0.25) is 0 Å². The van der Waals surface area contributed by atoms with E-state index in [2.05, 4.69) is 185 Å². The van der Waals surface area contributed by atoms with Crippen molar-refractivity contribution in [2.75, 3.05) is 0 Å². The van der Waals surface area contributed by atoms with Crippen LogP contribution in [0.5, 0.6) is 0 Å². The summed E-state index contributed by atoms with van der Waals surface area (Å²) in [5, 5.41) is 5.13. The Balaban J connectivity index is 1.15. The average Bonchev–Trinajstić information content (AvgIpc) is 3.52. The van der Waals surface area contributed by atoms with Crippen LogP contribution in [0, 0.1) is 0 Å². The lowest BCUT2D eigenvalue weighted by Crippen LogP contribution is -2.18. The van der Waals surface area contributed by atoms with Crippen LogP contribution in [0.1, 0.15) is 49.9 Å². The van der Waals surface area contributed by atoms with Gasteiger partial charge in [0.1, 0.15) is 0 Å². The van der Waals surface area contributed by atoms with E-state index in [0.717, 1.165) is 0 Å². The minimum atomic E-state index is -0.0662. The molecule has 2 aliphatic rings. The first-order chi connectivity index (χ1) is 24.3. The van der Waals surface area contributed by atoms with Gasteiger partial charge in [-0.2, -0.15) is 0 Å². The summed E-state index contributed by atoms with van der Waals surface area (Å²) in [5.41, 5.74) is 18.7. The fraction of sp³-hybridized carbons (Fsp3) is 0.120. The van der Waals surface area contributed by atoms with E-state index in [-0.39, 0.29) is 10.8 Å². The smallest absolute Gasteiger partial charge is 0.0158 e. The van der Waals surface area contributed by atoms with Crippen LogP contribution in [-0.2, 0) is 10.8 Å². The molecule has 0 N–H and O–H groups in total. The first-order valence-corrected chi connectivity index (χ1v) is 17.9. The zero-order valence-corrected chi connectivity index (χ0v) is 29.0. The second-order valence-electron chi connectivity index (χ2n) is 15.3. The summed E-state index contributed by atoms with van der Waals surface area (Å²) >= 11 is 0. The highest BCUT2D eigenvalue weighted by molar-refractivity contribution is 6.21. The standard InChI is InChI=1S/C50H38/c1-49(2)43-24-13-12-19-35(43)41-29-42-40-28-33(25-26-44(40)50(3,4)46(42)30-45(41)49)32-17-14-18-34(27-32)48-38-22-10-8-20-36(38)47(31-15-6-5-7-16-31)37-21-9-11-23-39(37)48/h5-30H,1-4H3. The van der Waals surface area contributed by atoms with E-state index >= 15 is 0 Å².